The first-order valence-electron chi connectivity index (χ1n) is 8.62. The average Bonchev–Trinajstić information content (AvgIpc) is 2.39. The molecule has 0 spiro atoms. The summed E-state index contributed by atoms with van der Waals surface area (Å²) >= 11 is 0. The summed E-state index contributed by atoms with van der Waals surface area (Å²) in [5.41, 5.74) is 11.3. The lowest BCUT2D eigenvalue weighted by atomic mass is 10.0. The molecule has 0 amide bonds. The Morgan fingerprint density at radius 2 is 1.00 bits per heavy atom. The monoisotopic (exact) mass is 270 g/mol. The van der Waals surface area contributed by atoms with Crippen LogP contribution < -0.4 is 11.5 Å². The SMILES string of the molecule is CC(C)CCCCCCCCCCCCC(N)CN. The van der Waals surface area contributed by atoms with Crippen LogP contribution in [0.1, 0.15) is 90.9 Å². The second-order valence-corrected chi connectivity index (χ2v) is 6.50. The fourth-order valence-electron chi connectivity index (χ4n) is 2.49. The molecule has 19 heavy (non-hydrogen) atoms. The molecule has 0 aromatic heterocycles. The lowest BCUT2D eigenvalue weighted by Gasteiger charge is -2.07. The molecule has 0 saturated carbocycles. The minimum atomic E-state index is 0.228. The van der Waals surface area contributed by atoms with Crippen molar-refractivity contribution in [2.24, 2.45) is 17.4 Å². The summed E-state index contributed by atoms with van der Waals surface area (Å²) in [4.78, 5) is 0. The Balaban J connectivity index is 2.99. The van der Waals surface area contributed by atoms with E-state index in [0.29, 0.717) is 6.54 Å². The molecule has 2 heteroatoms. The van der Waals surface area contributed by atoms with Gasteiger partial charge in [-0.25, -0.2) is 0 Å². The van der Waals surface area contributed by atoms with Crippen LogP contribution in [0.5, 0.6) is 0 Å². The maximum absolute atomic E-state index is 5.79. The molecule has 0 aromatic rings. The molecular formula is C17H38N2. The van der Waals surface area contributed by atoms with Crippen molar-refractivity contribution < 1.29 is 0 Å². The quantitative estimate of drug-likeness (QED) is 0.453. The molecule has 116 valence electrons. The highest BCUT2D eigenvalue weighted by Gasteiger charge is 1.98. The first kappa shape index (κ1) is 18.9. The van der Waals surface area contributed by atoms with Crippen LogP contribution in [-0.2, 0) is 0 Å². The third kappa shape index (κ3) is 15.9. The van der Waals surface area contributed by atoms with Crippen molar-refractivity contribution in [1.29, 1.82) is 0 Å². The van der Waals surface area contributed by atoms with E-state index in [4.69, 9.17) is 11.5 Å². The van der Waals surface area contributed by atoms with Gasteiger partial charge in [-0.05, 0) is 12.3 Å². The summed E-state index contributed by atoms with van der Waals surface area (Å²) in [5.74, 6) is 0.882. The highest BCUT2D eigenvalue weighted by Crippen LogP contribution is 2.13. The van der Waals surface area contributed by atoms with Gasteiger partial charge in [-0.2, -0.15) is 0 Å². The summed E-state index contributed by atoms with van der Waals surface area (Å²) in [7, 11) is 0. The van der Waals surface area contributed by atoms with Crippen LogP contribution in [0, 0.1) is 5.92 Å². The highest BCUT2D eigenvalue weighted by molar-refractivity contribution is 4.61. The van der Waals surface area contributed by atoms with E-state index < -0.39 is 0 Å². The minimum absolute atomic E-state index is 0.228. The molecule has 0 aliphatic carbocycles. The van der Waals surface area contributed by atoms with E-state index in [9.17, 15) is 0 Å². The normalized spacial score (nSPS) is 13.1. The zero-order valence-corrected chi connectivity index (χ0v) is 13.5. The molecular weight excluding hydrogens is 232 g/mol. The van der Waals surface area contributed by atoms with Gasteiger partial charge >= 0.3 is 0 Å². The van der Waals surface area contributed by atoms with Gasteiger partial charge in [0.2, 0.25) is 0 Å². The third-order valence-electron chi connectivity index (χ3n) is 3.91. The summed E-state index contributed by atoms with van der Waals surface area (Å²) in [6.07, 6.45) is 16.5. The summed E-state index contributed by atoms with van der Waals surface area (Å²) in [6.45, 7) is 5.28. The van der Waals surface area contributed by atoms with Gasteiger partial charge in [-0.3, -0.25) is 0 Å². The number of unbranched alkanes of at least 4 members (excludes halogenated alkanes) is 9. The van der Waals surface area contributed by atoms with Crippen LogP contribution in [0.4, 0.5) is 0 Å². The molecule has 4 N–H and O–H groups in total. The summed E-state index contributed by atoms with van der Waals surface area (Å²) < 4.78 is 0. The molecule has 0 rings (SSSR count). The van der Waals surface area contributed by atoms with E-state index in [2.05, 4.69) is 13.8 Å². The van der Waals surface area contributed by atoms with E-state index in [1.165, 1.54) is 70.6 Å². The van der Waals surface area contributed by atoms with Crippen LogP contribution in [0.25, 0.3) is 0 Å². The molecule has 0 bridgehead atoms. The van der Waals surface area contributed by atoms with Crippen molar-refractivity contribution in [3.05, 3.63) is 0 Å². The first-order chi connectivity index (χ1) is 9.16. The zero-order valence-electron chi connectivity index (χ0n) is 13.5. The van der Waals surface area contributed by atoms with E-state index in [1.807, 2.05) is 0 Å². The Labute approximate surface area is 121 Å². The molecule has 0 saturated heterocycles. The molecule has 1 atom stereocenters. The van der Waals surface area contributed by atoms with Crippen molar-refractivity contribution in [3.63, 3.8) is 0 Å². The Hall–Kier alpha value is -0.0800. The smallest absolute Gasteiger partial charge is 0.0163 e. The van der Waals surface area contributed by atoms with Gasteiger partial charge in [0.15, 0.2) is 0 Å². The van der Waals surface area contributed by atoms with Crippen LogP contribution >= 0.6 is 0 Å². The molecule has 0 radical (unpaired) electrons. The van der Waals surface area contributed by atoms with Gasteiger partial charge in [0.25, 0.3) is 0 Å². The maximum Gasteiger partial charge on any atom is 0.0163 e. The molecule has 1 unspecified atom stereocenters. The van der Waals surface area contributed by atoms with E-state index in [-0.39, 0.29) is 6.04 Å². The Morgan fingerprint density at radius 3 is 1.37 bits per heavy atom. The average molecular weight is 271 g/mol. The Morgan fingerprint density at radius 1 is 0.632 bits per heavy atom. The molecule has 0 aromatic carbocycles. The predicted octanol–water partition coefficient (Wildman–Crippen LogP) is 4.61. The highest BCUT2D eigenvalue weighted by atomic mass is 14.7. The second kappa shape index (κ2) is 14.3. The largest absolute Gasteiger partial charge is 0.329 e. The molecule has 2 nitrogen and oxygen atoms in total. The summed E-state index contributed by atoms with van der Waals surface area (Å²) in [5, 5.41) is 0. The van der Waals surface area contributed by atoms with Crippen molar-refractivity contribution in [3.8, 4) is 0 Å². The Bertz CT molecular complexity index is 169. The standard InChI is InChI=1S/C17H38N2/c1-16(2)13-11-9-7-5-3-4-6-8-10-12-14-17(19)15-18/h16-17H,3-15,18-19H2,1-2H3. The van der Waals surface area contributed by atoms with Crippen molar-refractivity contribution >= 4 is 0 Å². The van der Waals surface area contributed by atoms with E-state index >= 15 is 0 Å². The fraction of sp³-hybridized carbons (Fsp3) is 1.00. The van der Waals surface area contributed by atoms with Gasteiger partial charge in [-0.1, -0.05) is 84.5 Å². The first-order valence-corrected chi connectivity index (χ1v) is 8.62. The van der Waals surface area contributed by atoms with E-state index in [0.717, 1.165) is 12.3 Å². The van der Waals surface area contributed by atoms with Crippen LogP contribution in [0.15, 0.2) is 0 Å². The van der Waals surface area contributed by atoms with Crippen molar-refractivity contribution in [2.75, 3.05) is 6.54 Å². The Kier molecular flexibility index (Phi) is 14.3. The second-order valence-electron chi connectivity index (χ2n) is 6.50. The molecule has 0 fully saturated rings. The number of hydrogen-bond donors (Lipinski definition) is 2. The van der Waals surface area contributed by atoms with Gasteiger partial charge in [-0.15, -0.1) is 0 Å². The topological polar surface area (TPSA) is 52.0 Å². The number of rotatable bonds is 14. The van der Waals surface area contributed by atoms with Crippen LogP contribution in [0.3, 0.4) is 0 Å². The van der Waals surface area contributed by atoms with Crippen molar-refractivity contribution in [2.45, 2.75) is 96.9 Å². The zero-order chi connectivity index (χ0) is 14.3. The summed E-state index contributed by atoms with van der Waals surface area (Å²) in [6, 6.07) is 0.228. The van der Waals surface area contributed by atoms with E-state index in [1.54, 1.807) is 0 Å². The fourth-order valence-corrected chi connectivity index (χ4v) is 2.49. The number of nitrogens with two attached hydrogens (primary N) is 2. The predicted molar refractivity (Wildman–Crippen MR) is 87.3 cm³/mol. The molecule has 0 aliphatic heterocycles. The minimum Gasteiger partial charge on any atom is -0.329 e. The lowest BCUT2D eigenvalue weighted by Crippen LogP contribution is -2.29. The van der Waals surface area contributed by atoms with Gasteiger partial charge in [0.1, 0.15) is 0 Å². The lowest BCUT2D eigenvalue weighted by molar-refractivity contribution is 0.500. The third-order valence-corrected chi connectivity index (χ3v) is 3.91. The maximum atomic E-state index is 5.79. The van der Waals surface area contributed by atoms with Crippen LogP contribution in [-0.4, -0.2) is 12.6 Å². The van der Waals surface area contributed by atoms with Gasteiger partial charge < -0.3 is 11.5 Å². The van der Waals surface area contributed by atoms with Gasteiger partial charge in [0, 0.05) is 12.6 Å². The van der Waals surface area contributed by atoms with Crippen LogP contribution in [0.2, 0.25) is 0 Å². The van der Waals surface area contributed by atoms with Gasteiger partial charge in [0.05, 0.1) is 0 Å². The molecule has 0 heterocycles. The number of hydrogen-bond acceptors (Lipinski definition) is 2. The van der Waals surface area contributed by atoms with Crippen molar-refractivity contribution in [1.82, 2.24) is 0 Å². The molecule has 0 aliphatic rings.